The molecule has 0 aromatic rings. The molecule has 0 spiro atoms. The zero-order valence-electron chi connectivity index (χ0n) is 60.7. The van der Waals surface area contributed by atoms with Crippen LogP contribution in [0, 0.1) is 17.8 Å². The molecule has 0 amide bonds. The van der Waals surface area contributed by atoms with Crippen molar-refractivity contribution in [1.82, 2.24) is 0 Å². The first kappa shape index (κ1) is 91.1. The van der Waals surface area contributed by atoms with Crippen molar-refractivity contribution in [2.24, 2.45) is 17.8 Å². The fourth-order valence-corrected chi connectivity index (χ4v) is 12.8. The van der Waals surface area contributed by atoms with E-state index in [-0.39, 0.29) is 25.7 Å². The lowest BCUT2D eigenvalue weighted by Crippen LogP contribution is -2.30. The van der Waals surface area contributed by atoms with Gasteiger partial charge in [-0.15, -0.1) is 0 Å². The Balaban J connectivity index is 5.22. The monoisotopic (exact) mass is 1370 g/mol. The summed E-state index contributed by atoms with van der Waals surface area (Å²) >= 11 is 0. The van der Waals surface area contributed by atoms with Crippen LogP contribution < -0.4 is 0 Å². The van der Waals surface area contributed by atoms with Gasteiger partial charge in [0, 0.05) is 25.7 Å². The van der Waals surface area contributed by atoms with E-state index in [1.165, 1.54) is 186 Å². The molecule has 0 radical (unpaired) electrons. The van der Waals surface area contributed by atoms with Gasteiger partial charge in [-0.05, 0) is 43.4 Å². The highest BCUT2D eigenvalue weighted by Crippen LogP contribution is 2.45. The van der Waals surface area contributed by atoms with Crippen LogP contribution in [0.4, 0.5) is 0 Å². The van der Waals surface area contributed by atoms with Crippen LogP contribution in [-0.4, -0.2) is 96.7 Å². The predicted octanol–water partition coefficient (Wildman–Crippen LogP) is 21.4. The molecule has 0 rings (SSSR count). The number of phosphoric ester groups is 2. The lowest BCUT2D eigenvalue weighted by atomic mass is 9.99. The third-order valence-corrected chi connectivity index (χ3v) is 19.4. The maximum absolute atomic E-state index is 13.1. The van der Waals surface area contributed by atoms with Gasteiger partial charge in [-0.1, -0.05) is 325 Å². The van der Waals surface area contributed by atoms with Gasteiger partial charge >= 0.3 is 39.5 Å². The Morgan fingerprint density at radius 1 is 0.312 bits per heavy atom. The number of rotatable bonds is 72. The van der Waals surface area contributed by atoms with Crippen molar-refractivity contribution in [3.8, 4) is 0 Å². The summed E-state index contributed by atoms with van der Waals surface area (Å²) < 4.78 is 68.4. The standard InChI is InChI=1S/C74H144O17P2/c1-8-10-11-12-13-25-34-41-48-55-71(76)84-62-70(91-74(79)58-51-44-37-30-32-39-46-53-66(5)6)64-89-93(82,83)87-60-68(75)59-86-92(80,81)88-63-69(61-85-72(77)56-49-42-35-28-23-20-16-17-21-26-31-38-45-52-65(3)4)90-73(78)57-50-43-36-29-24-19-15-14-18-22-27-33-40-47-54-67(7)9-2/h65-70,75H,8-64H2,1-7H3,(H,80,81)(H,82,83)/t67?,68-,69-,70-/m1/s1. The molecule has 3 unspecified atom stereocenters. The fourth-order valence-electron chi connectivity index (χ4n) is 11.2. The molecule has 6 atom stereocenters. The van der Waals surface area contributed by atoms with E-state index < -0.39 is 97.5 Å². The van der Waals surface area contributed by atoms with Crippen LogP contribution in [0.15, 0.2) is 0 Å². The maximum Gasteiger partial charge on any atom is 0.472 e. The quantitative estimate of drug-likeness (QED) is 0.0222. The second kappa shape index (κ2) is 64.7. The van der Waals surface area contributed by atoms with E-state index in [1.54, 1.807) is 0 Å². The minimum absolute atomic E-state index is 0.103. The zero-order chi connectivity index (χ0) is 68.7. The van der Waals surface area contributed by atoms with E-state index in [9.17, 15) is 43.2 Å². The number of hydrogen-bond donors (Lipinski definition) is 3. The minimum atomic E-state index is -4.96. The van der Waals surface area contributed by atoms with E-state index in [1.807, 2.05) is 0 Å². The van der Waals surface area contributed by atoms with Crippen LogP contribution in [0.25, 0.3) is 0 Å². The molecule has 552 valence electrons. The van der Waals surface area contributed by atoms with E-state index in [2.05, 4.69) is 48.5 Å². The second-order valence-electron chi connectivity index (χ2n) is 27.9. The van der Waals surface area contributed by atoms with Crippen LogP contribution in [0.3, 0.4) is 0 Å². The number of carbonyl (C=O) groups excluding carboxylic acids is 4. The highest BCUT2D eigenvalue weighted by Gasteiger charge is 2.30. The van der Waals surface area contributed by atoms with Gasteiger partial charge in [-0.2, -0.15) is 0 Å². The van der Waals surface area contributed by atoms with Crippen molar-refractivity contribution in [2.75, 3.05) is 39.6 Å². The van der Waals surface area contributed by atoms with Gasteiger partial charge in [0.2, 0.25) is 0 Å². The van der Waals surface area contributed by atoms with Gasteiger partial charge < -0.3 is 33.8 Å². The van der Waals surface area contributed by atoms with E-state index in [0.717, 1.165) is 102 Å². The molecule has 0 aromatic heterocycles. The molecular formula is C74H144O17P2. The fraction of sp³-hybridized carbons (Fsp3) is 0.946. The Labute approximate surface area is 568 Å². The van der Waals surface area contributed by atoms with Crippen molar-refractivity contribution < 1.29 is 80.2 Å². The van der Waals surface area contributed by atoms with Gasteiger partial charge in [-0.25, -0.2) is 9.13 Å². The Bertz CT molecular complexity index is 1820. The first-order chi connectivity index (χ1) is 44.8. The number of aliphatic hydroxyl groups is 1. The van der Waals surface area contributed by atoms with Crippen LogP contribution in [0.1, 0.15) is 376 Å². The third-order valence-electron chi connectivity index (χ3n) is 17.5. The van der Waals surface area contributed by atoms with Gasteiger partial charge in [-0.3, -0.25) is 37.3 Å². The molecule has 0 heterocycles. The van der Waals surface area contributed by atoms with Crippen LogP contribution in [0.5, 0.6) is 0 Å². The number of unbranched alkanes of at least 4 members (excludes halogenated alkanes) is 39. The Hall–Kier alpha value is -1.94. The van der Waals surface area contributed by atoms with Crippen molar-refractivity contribution in [3.05, 3.63) is 0 Å². The molecule has 0 aliphatic carbocycles. The Morgan fingerprint density at radius 3 is 0.817 bits per heavy atom. The highest BCUT2D eigenvalue weighted by atomic mass is 31.2. The molecule has 0 saturated carbocycles. The van der Waals surface area contributed by atoms with Gasteiger partial charge in [0.1, 0.15) is 19.3 Å². The molecule has 3 N–H and O–H groups in total. The molecule has 0 aromatic carbocycles. The lowest BCUT2D eigenvalue weighted by Gasteiger charge is -2.21. The molecule has 93 heavy (non-hydrogen) atoms. The van der Waals surface area contributed by atoms with E-state index in [4.69, 9.17) is 37.0 Å². The van der Waals surface area contributed by atoms with Crippen molar-refractivity contribution in [1.29, 1.82) is 0 Å². The number of esters is 4. The number of carbonyl (C=O) groups is 4. The summed E-state index contributed by atoms with van der Waals surface area (Å²) in [7, 11) is -9.90. The summed E-state index contributed by atoms with van der Waals surface area (Å²) in [5.74, 6) is 0.209. The van der Waals surface area contributed by atoms with Crippen molar-refractivity contribution in [2.45, 2.75) is 394 Å². The maximum atomic E-state index is 13.1. The van der Waals surface area contributed by atoms with E-state index in [0.29, 0.717) is 31.6 Å². The van der Waals surface area contributed by atoms with Gasteiger partial charge in [0.15, 0.2) is 12.2 Å². The van der Waals surface area contributed by atoms with Gasteiger partial charge in [0.05, 0.1) is 26.4 Å². The normalized spacial score (nSPS) is 14.4. The molecular weight excluding hydrogens is 1220 g/mol. The summed E-state index contributed by atoms with van der Waals surface area (Å²) in [6, 6.07) is 0. The average molecular weight is 1370 g/mol. The molecule has 0 aliphatic rings. The van der Waals surface area contributed by atoms with Crippen LogP contribution >= 0.6 is 15.6 Å². The Kier molecular flexibility index (Phi) is 63.4. The molecule has 0 bridgehead atoms. The van der Waals surface area contributed by atoms with Gasteiger partial charge in [0.25, 0.3) is 0 Å². The summed E-state index contributed by atoms with van der Waals surface area (Å²) in [6.45, 7) is 11.9. The molecule has 19 heteroatoms. The first-order valence-electron chi connectivity index (χ1n) is 38.4. The van der Waals surface area contributed by atoms with Crippen LogP contribution in [0.2, 0.25) is 0 Å². The molecule has 17 nitrogen and oxygen atoms in total. The summed E-state index contributed by atoms with van der Waals surface area (Å²) in [6.07, 6.45) is 50.0. The number of aliphatic hydroxyl groups excluding tert-OH is 1. The lowest BCUT2D eigenvalue weighted by molar-refractivity contribution is -0.161. The van der Waals surface area contributed by atoms with Crippen molar-refractivity contribution >= 4 is 39.5 Å². The predicted molar refractivity (Wildman–Crippen MR) is 377 cm³/mol. The molecule has 0 fully saturated rings. The molecule has 0 saturated heterocycles. The zero-order valence-corrected chi connectivity index (χ0v) is 62.5. The first-order valence-corrected chi connectivity index (χ1v) is 41.4. The summed E-state index contributed by atoms with van der Waals surface area (Å²) in [4.78, 5) is 72.6. The SMILES string of the molecule is CCCCCCCCCCCC(=O)OC[C@H](COP(=O)(O)OC[C@H](O)COP(=O)(O)OC[C@@H](COC(=O)CCCCCCCCCCCCCCCC(C)C)OC(=O)CCCCCCCCCCCCCCCCC(C)CC)OC(=O)CCCCCCCCCC(C)C. The summed E-state index contributed by atoms with van der Waals surface area (Å²) in [5, 5.41) is 10.6. The summed E-state index contributed by atoms with van der Waals surface area (Å²) in [5.41, 5.74) is 0. The minimum Gasteiger partial charge on any atom is -0.462 e. The Morgan fingerprint density at radius 2 is 0.548 bits per heavy atom. The highest BCUT2D eigenvalue weighted by molar-refractivity contribution is 7.47. The van der Waals surface area contributed by atoms with Crippen molar-refractivity contribution in [3.63, 3.8) is 0 Å². The number of hydrogen-bond acceptors (Lipinski definition) is 15. The van der Waals surface area contributed by atoms with E-state index >= 15 is 0 Å². The smallest absolute Gasteiger partial charge is 0.462 e. The largest absolute Gasteiger partial charge is 0.472 e. The topological polar surface area (TPSA) is 237 Å². The number of ether oxygens (including phenoxy) is 4. The average Bonchev–Trinajstić information content (AvgIpc) is 2.17. The van der Waals surface area contributed by atoms with Crippen LogP contribution in [-0.2, 0) is 65.4 Å². The number of phosphoric acid groups is 2. The third kappa shape index (κ3) is 67.0. The second-order valence-corrected chi connectivity index (χ2v) is 30.8. The molecule has 0 aliphatic heterocycles.